The zero-order valence-electron chi connectivity index (χ0n) is 16.1. The number of H-pyrrole nitrogens is 1. The van der Waals surface area contributed by atoms with E-state index < -0.39 is 12.1 Å². The van der Waals surface area contributed by atoms with Crippen molar-refractivity contribution in [2.45, 2.75) is 37.4 Å². The molecule has 0 bridgehead atoms. The van der Waals surface area contributed by atoms with Crippen LogP contribution in [0.2, 0.25) is 0 Å². The summed E-state index contributed by atoms with van der Waals surface area (Å²) in [7, 11) is 0. The molecule has 1 amide bonds. The molecule has 2 unspecified atom stereocenters. The standard InChI is InChI=1S/C22H21F3N4O/c23-22(24,25)21(30)29(17-6-7-19-15(9-17)12-27-28-19)16-3-1-2-14(8-16)18-10-20(18)26-11-13-4-5-13/h1-3,6-9,12-13,18,20,26H,4-5,10-11H2,(H,27,28). The van der Waals surface area contributed by atoms with E-state index in [-0.39, 0.29) is 17.3 Å². The lowest BCUT2D eigenvalue weighted by Crippen LogP contribution is -2.38. The van der Waals surface area contributed by atoms with Gasteiger partial charge in [-0.1, -0.05) is 12.1 Å². The molecule has 0 spiro atoms. The molecule has 2 fully saturated rings. The summed E-state index contributed by atoms with van der Waals surface area (Å²) in [6.45, 7) is 1.00. The van der Waals surface area contributed by atoms with Crippen LogP contribution in [0.15, 0.2) is 48.7 Å². The largest absolute Gasteiger partial charge is 0.472 e. The smallest absolute Gasteiger partial charge is 0.313 e. The van der Waals surface area contributed by atoms with E-state index in [2.05, 4.69) is 15.5 Å². The first-order valence-electron chi connectivity index (χ1n) is 10.1. The molecule has 2 N–H and O–H groups in total. The molecule has 2 aliphatic rings. The van der Waals surface area contributed by atoms with Gasteiger partial charge in [0.25, 0.3) is 0 Å². The van der Waals surface area contributed by atoms with Gasteiger partial charge in [0.1, 0.15) is 0 Å². The van der Waals surface area contributed by atoms with Gasteiger partial charge in [-0.05, 0) is 67.6 Å². The number of carbonyl (C=O) groups excluding carboxylic acids is 1. The zero-order chi connectivity index (χ0) is 20.9. The molecule has 5 nitrogen and oxygen atoms in total. The van der Waals surface area contributed by atoms with E-state index in [0.717, 1.165) is 29.3 Å². The van der Waals surface area contributed by atoms with Gasteiger partial charge in [0.05, 0.1) is 17.4 Å². The third kappa shape index (κ3) is 3.79. The number of fused-ring (bicyclic) bond motifs is 1. The number of halogens is 3. The highest BCUT2D eigenvalue weighted by Gasteiger charge is 2.44. The minimum atomic E-state index is -4.99. The maximum Gasteiger partial charge on any atom is 0.472 e. The van der Waals surface area contributed by atoms with Crippen LogP contribution in [-0.4, -0.2) is 34.9 Å². The van der Waals surface area contributed by atoms with Gasteiger partial charge in [-0.3, -0.25) is 14.8 Å². The van der Waals surface area contributed by atoms with Crippen molar-refractivity contribution >= 4 is 28.2 Å². The molecule has 2 atom stereocenters. The number of hydrogen-bond donors (Lipinski definition) is 2. The highest BCUT2D eigenvalue weighted by molar-refractivity contribution is 6.05. The van der Waals surface area contributed by atoms with Crippen LogP contribution in [0.1, 0.15) is 30.7 Å². The number of nitrogens with one attached hydrogen (secondary N) is 2. The zero-order valence-corrected chi connectivity index (χ0v) is 16.1. The number of aromatic amines is 1. The number of alkyl halides is 3. The van der Waals surface area contributed by atoms with Crippen molar-refractivity contribution in [2.24, 2.45) is 5.92 Å². The van der Waals surface area contributed by atoms with Crippen LogP contribution in [-0.2, 0) is 4.79 Å². The van der Waals surface area contributed by atoms with Crippen LogP contribution >= 0.6 is 0 Å². The van der Waals surface area contributed by atoms with Crippen LogP contribution in [0.4, 0.5) is 24.5 Å². The Morgan fingerprint density at radius 3 is 2.73 bits per heavy atom. The molecule has 8 heteroatoms. The van der Waals surface area contributed by atoms with E-state index in [1.807, 2.05) is 6.07 Å². The first-order valence-corrected chi connectivity index (χ1v) is 10.1. The molecule has 0 aliphatic heterocycles. The molecule has 3 aromatic rings. The van der Waals surface area contributed by atoms with Gasteiger partial charge in [0.2, 0.25) is 0 Å². The average molecular weight is 414 g/mol. The number of anilines is 2. The number of rotatable bonds is 6. The summed E-state index contributed by atoms with van der Waals surface area (Å²) in [4.78, 5) is 13.1. The SMILES string of the molecule is O=C(N(c1cccc(C2CC2NCC2CC2)c1)c1ccc2[nH]ncc2c1)C(F)(F)F. The Labute approximate surface area is 171 Å². The van der Waals surface area contributed by atoms with E-state index in [9.17, 15) is 18.0 Å². The van der Waals surface area contributed by atoms with Crippen LogP contribution in [0, 0.1) is 5.92 Å². The molecule has 2 aliphatic carbocycles. The molecular formula is C22H21F3N4O. The quantitative estimate of drug-likeness (QED) is 0.618. The fourth-order valence-electron chi connectivity index (χ4n) is 3.90. The molecular weight excluding hydrogens is 393 g/mol. The van der Waals surface area contributed by atoms with Crippen molar-refractivity contribution in [3.05, 3.63) is 54.2 Å². The van der Waals surface area contributed by atoms with Crippen molar-refractivity contribution in [1.29, 1.82) is 0 Å². The number of hydrogen-bond acceptors (Lipinski definition) is 3. The molecule has 2 saturated carbocycles. The Morgan fingerprint density at radius 2 is 1.97 bits per heavy atom. The topological polar surface area (TPSA) is 61.0 Å². The summed E-state index contributed by atoms with van der Waals surface area (Å²) < 4.78 is 40.3. The number of carbonyl (C=O) groups is 1. The van der Waals surface area contributed by atoms with Crippen molar-refractivity contribution in [2.75, 3.05) is 11.4 Å². The second-order valence-electron chi connectivity index (χ2n) is 8.18. The summed E-state index contributed by atoms with van der Waals surface area (Å²) >= 11 is 0. The molecule has 1 heterocycles. The molecule has 0 saturated heterocycles. The fourth-order valence-corrected chi connectivity index (χ4v) is 3.90. The number of aromatic nitrogens is 2. The first kappa shape index (κ1) is 19.1. The van der Waals surface area contributed by atoms with Gasteiger partial charge in [-0.25, -0.2) is 0 Å². The van der Waals surface area contributed by atoms with Gasteiger partial charge in [0, 0.05) is 23.0 Å². The Balaban J connectivity index is 1.46. The average Bonchev–Trinajstić information content (AvgIpc) is 3.63. The highest BCUT2D eigenvalue weighted by atomic mass is 19.4. The van der Waals surface area contributed by atoms with Crippen molar-refractivity contribution in [3.8, 4) is 0 Å². The number of nitrogens with zero attached hydrogens (tertiary/aromatic N) is 2. The van der Waals surface area contributed by atoms with E-state index >= 15 is 0 Å². The Morgan fingerprint density at radius 1 is 1.17 bits per heavy atom. The third-order valence-electron chi connectivity index (χ3n) is 5.84. The minimum Gasteiger partial charge on any atom is -0.313 e. The summed E-state index contributed by atoms with van der Waals surface area (Å²) in [5.41, 5.74) is 2.01. The molecule has 30 heavy (non-hydrogen) atoms. The summed E-state index contributed by atoms with van der Waals surface area (Å²) in [6, 6.07) is 11.9. The number of benzene rings is 2. The molecule has 156 valence electrons. The highest BCUT2D eigenvalue weighted by Crippen LogP contribution is 2.43. The van der Waals surface area contributed by atoms with Gasteiger partial charge in [0.15, 0.2) is 0 Å². The molecule has 0 radical (unpaired) electrons. The van der Waals surface area contributed by atoms with E-state index in [4.69, 9.17) is 0 Å². The Bertz CT molecular complexity index is 1090. The van der Waals surface area contributed by atoms with Gasteiger partial charge < -0.3 is 5.32 Å². The Hall–Kier alpha value is -2.87. The summed E-state index contributed by atoms with van der Waals surface area (Å²) in [5, 5.41) is 10.8. The lowest BCUT2D eigenvalue weighted by atomic mass is 10.1. The Kier molecular flexibility index (Phi) is 4.54. The second kappa shape index (κ2) is 7.12. The van der Waals surface area contributed by atoms with Gasteiger partial charge >= 0.3 is 12.1 Å². The lowest BCUT2D eigenvalue weighted by Gasteiger charge is -2.24. The predicted molar refractivity (Wildman–Crippen MR) is 108 cm³/mol. The number of amides is 1. The van der Waals surface area contributed by atoms with Crippen molar-refractivity contribution in [3.63, 3.8) is 0 Å². The maximum absolute atomic E-state index is 13.4. The summed E-state index contributed by atoms with van der Waals surface area (Å²) in [5.74, 6) is -0.875. The van der Waals surface area contributed by atoms with Crippen LogP contribution < -0.4 is 10.2 Å². The monoisotopic (exact) mass is 414 g/mol. The predicted octanol–water partition coefficient (Wildman–Crippen LogP) is 4.65. The molecule has 1 aromatic heterocycles. The fraction of sp³-hybridized carbons (Fsp3) is 0.364. The normalized spacial score (nSPS) is 21.0. The second-order valence-corrected chi connectivity index (χ2v) is 8.18. The third-order valence-corrected chi connectivity index (χ3v) is 5.84. The van der Waals surface area contributed by atoms with Crippen molar-refractivity contribution < 1.29 is 18.0 Å². The lowest BCUT2D eigenvalue weighted by molar-refractivity contribution is -0.169. The summed E-state index contributed by atoms with van der Waals surface area (Å²) in [6.07, 6.45) is 0.0380. The first-order chi connectivity index (χ1) is 14.4. The van der Waals surface area contributed by atoms with Crippen LogP contribution in [0.5, 0.6) is 0 Å². The van der Waals surface area contributed by atoms with Crippen molar-refractivity contribution in [1.82, 2.24) is 15.5 Å². The van der Waals surface area contributed by atoms with E-state index in [0.29, 0.717) is 16.9 Å². The molecule has 5 rings (SSSR count). The minimum absolute atomic E-state index is 0.155. The van der Waals surface area contributed by atoms with Gasteiger partial charge in [-0.2, -0.15) is 18.3 Å². The van der Waals surface area contributed by atoms with Crippen LogP contribution in [0.25, 0.3) is 10.9 Å². The maximum atomic E-state index is 13.4. The van der Waals surface area contributed by atoms with E-state index in [1.165, 1.54) is 31.2 Å². The van der Waals surface area contributed by atoms with E-state index in [1.54, 1.807) is 24.3 Å². The van der Waals surface area contributed by atoms with Crippen LogP contribution in [0.3, 0.4) is 0 Å². The van der Waals surface area contributed by atoms with Gasteiger partial charge in [-0.15, -0.1) is 0 Å². The molecule has 2 aromatic carbocycles.